The second kappa shape index (κ2) is 4.46. The van der Waals surface area contributed by atoms with Crippen LogP contribution in [0.15, 0.2) is 4.99 Å². The van der Waals surface area contributed by atoms with Crippen molar-refractivity contribution in [2.45, 2.75) is 25.9 Å². The number of aliphatic imine (C=N–C) groups is 1. The fourth-order valence-corrected chi connectivity index (χ4v) is 1.75. The van der Waals surface area contributed by atoms with Crippen molar-refractivity contribution in [3.63, 3.8) is 0 Å². The smallest absolute Gasteiger partial charge is 0.190 e. The first-order valence-corrected chi connectivity index (χ1v) is 4.80. The number of piperidine rings is 1. The van der Waals surface area contributed by atoms with E-state index in [-0.39, 0.29) is 6.10 Å². The molecule has 1 aliphatic heterocycles. The summed E-state index contributed by atoms with van der Waals surface area (Å²) in [5.41, 5.74) is 5.68. The summed E-state index contributed by atoms with van der Waals surface area (Å²) in [6.07, 6.45) is 1.82. The Bertz CT molecular complexity index is 183. The van der Waals surface area contributed by atoms with Gasteiger partial charge in [-0.15, -0.1) is 0 Å². The molecule has 0 aromatic heterocycles. The summed E-state index contributed by atoms with van der Waals surface area (Å²) >= 11 is 0. The lowest BCUT2D eigenvalue weighted by atomic mass is 9.92. The predicted octanol–water partition coefficient (Wildman–Crippen LogP) is 0.0237. The molecule has 0 radical (unpaired) electrons. The van der Waals surface area contributed by atoms with Gasteiger partial charge in [-0.25, -0.2) is 0 Å². The van der Waals surface area contributed by atoms with Crippen LogP contribution in [0.4, 0.5) is 0 Å². The normalized spacial score (nSPS) is 23.3. The van der Waals surface area contributed by atoms with Crippen LogP contribution in [0.2, 0.25) is 0 Å². The zero-order valence-electron chi connectivity index (χ0n) is 8.40. The van der Waals surface area contributed by atoms with Crippen molar-refractivity contribution in [3.05, 3.63) is 0 Å². The number of aliphatic hydroxyl groups is 1. The Kier molecular flexibility index (Phi) is 3.54. The van der Waals surface area contributed by atoms with E-state index in [1.54, 1.807) is 7.05 Å². The molecule has 1 unspecified atom stereocenters. The van der Waals surface area contributed by atoms with E-state index in [2.05, 4.69) is 9.89 Å². The molecule has 3 N–H and O–H groups in total. The van der Waals surface area contributed by atoms with E-state index in [0.29, 0.717) is 11.9 Å². The molecule has 1 heterocycles. The highest BCUT2D eigenvalue weighted by atomic mass is 16.3. The Hall–Kier alpha value is -0.770. The highest BCUT2D eigenvalue weighted by molar-refractivity contribution is 5.77. The molecule has 4 nitrogen and oxygen atoms in total. The average molecular weight is 185 g/mol. The molecule has 0 aliphatic carbocycles. The monoisotopic (exact) mass is 185 g/mol. The third kappa shape index (κ3) is 2.59. The number of aliphatic hydroxyl groups excluding tert-OH is 1. The van der Waals surface area contributed by atoms with Crippen molar-refractivity contribution in [1.82, 2.24) is 4.90 Å². The summed E-state index contributed by atoms with van der Waals surface area (Å²) in [5.74, 6) is 1.05. The summed E-state index contributed by atoms with van der Waals surface area (Å²) in [7, 11) is 1.70. The molecule has 13 heavy (non-hydrogen) atoms. The first kappa shape index (κ1) is 10.3. The zero-order valence-corrected chi connectivity index (χ0v) is 8.40. The van der Waals surface area contributed by atoms with Gasteiger partial charge < -0.3 is 15.7 Å². The van der Waals surface area contributed by atoms with E-state index in [4.69, 9.17) is 5.73 Å². The van der Waals surface area contributed by atoms with Gasteiger partial charge >= 0.3 is 0 Å². The molecule has 76 valence electrons. The predicted molar refractivity (Wildman–Crippen MR) is 53.5 cm³/mol. The van der Waals surface area contributed by atoms with Gasteiger partial charge in [0.2, 0.25) is 0 Å². The molecular weight excluding hydrogens is 166 g/mol. The van der Waals surface area contributed by atoms with Crippen LogP contribution in [0.25, 0.3) is 0 Å². The lowest BCUT2D eigenvalue weighted by Gasteiger charge is -2.33. The summed E-state index contributed by atoms with van der Waals surface area (Å²) in [6, 6.07) is 0. The number of rotatable bonds is 1. The van der Waals surface area contributed by atoms with Crippen molar-refractivity contribution >= 4 is 5.96 Å². The Morgan fingerprint density at radius 1 is 1.54 bits per heavy atom. The number of nitrogens with zero attached hydrogens (tertiary/aromatic N) is 2. The summed E-state index contributed by atoms with van der Waals surface area (Å²) in [5, 5.41) is 9.38. The van der Waals surface area contributed by atoms with E-state index in [1.807, 2.05) is 6.92 Å². The van der Waals surface area contributed by atoms with E-state index in [9.17, 15) is 5.11 Å². The third-order valence-electron chi connectivity index (χ3n) is 2.77. The standard InChI is InChI=1S/C9H19N3O/c1-7(13)8-3-5-12(6-4-8)9(10)11-2/h7-8,13H,3-6H2,1-2H3,(H2,10,11). The van der Waals surface area contributed by atoms with Crippen LogP contribution in [0.3, 0.4) is 0 Å². The van der Waals surface area contributed by atoms with E-state index < -0.39 is 0 Å². The molecule has 0 spiro atoms. The van der Waals surface area contributed by atoms with E-state index in [0.717, 1.165) is 25.9 Å². The first-order chi connectivity index (χ1) is 6.15. The lowest BCUT2D eigenvalue weighted by Crippen LogP contribution is -2.44. The van der Waals surface area contributed by atoms with Gasteiger partial charge in [-0.05, 0) is 25.7 Å². The van der Waals surface area contributed by atoms with Gasteiger partial charge in [0, 0.05) is 20.1 Å². The minimum absolute atomic E-state index is 0.193. The lowest BCUT2D eigenvalue weighted by molar-refractivity contribution is 0.0887. The van der Waals surface area contributed by atoms with Gasteiger partial charge in [0.25, 0.3) is 0 Å². The minimum atomic E-state index is -0.193. The van der Waals surface area contributed by atoms with Crippen LogP contribution in [0, 0.1) is 5.92 Å². The highest BCUT2D eigenvalue weighted by Crippen LogP contribution is 2.19. The molecule has 0 aromatic carbocycles. The van der Waals surface area contributed by atoms with Gasteiger partial charge in [-0.1, -0.05) is 0 Å². The summed E-state index contributed by atoms with van der Waals surface area (Å²) in [6.45, 7) is 3.69. The second-order valence-electron chi connectivity index (χ2n) is 3.65. The Balaban J connectivity index is 2.39. The number of likely N-dealkylation sites (tertiary alicyclic amines) is 1. The van der Waals surface area contributed by atoms with Crippen molar-refractivity contribution in [2.24, 2.45) is 16.6 Å². The Morgan fingerprint density at radius 2 is 2.08 bits per heavy atom. The van der Waals surface area contributed by atoms with Gasteiger partial charge in [0.05, 0.1) is 6.10 Å². The van der Waals surface area contributed by atoms with Crippen LogP contribution in [0.1, 0.15) is 19.8 Å². The number of nitrogens with two attached hydrogens (primary N) is 1. The van der Waals surface area contributed by atoms with Crippen LogP contribution in [-0.4, -0.2) is 42.2 Å². The molecule has 1 rings (SSSR count). The Labute approximate surface area is 79.4 Å². The van der Waals surface area contributed by atoms with Gasteiger partial charge in [-0.2, -0.15) is 0 Å². The maximum Gasteiger partial charge on any atom is 0.190 e. The Morgan fingerprint density at radius 3 is 2.46 bits per heavy atom. The van der Waals surface area contributed by atoms with E-state index >= 15 is 0 Å². The number of hydrogen-bond donors (Lipinski definition) is 2. The number of hydrogen-bond acceptors (Lipinski definition) is 2. The largest absolute Gasteiger partial charge is 0.393 e. The van der Waals surface area contributed by atoms with Crippen LogP contribution < -0.4 is 5.73 Å². The molecule has 1 atom stereocenters. The topological polar surface area (TPSA) is 61.8 Å². The molecule has 0 aromatic rings. The molecule has 4 heteroatoms. The number of guanidine groups is 1. The molecule has 0 saturated carbocycles. The van der Waals surface area contributed by atoms with Crippen LogP contribution in [0.5, 0.6) is 0 Å². The average Bonchev–Trinajstić information content (AvgIpc) is 2.17. The van der Waals surface area contributed by atoms with E-state index in [1.165, 1.54) is 0 Å². The fraction of sp³-hybridized carbons (Fsp3) is 0.889. The molecule has 1 aliphatic rings. The molecule has 0 bridgehead atoms. The van der Waals surface area contributed by atoms with Crippen molar-refractivity contribution in [3.8, 4) is 0 Å². The molecule has 1 saturated heterocycles. The summed E-state index contributed by atoms with van der Waals surface area (Å²) in [4.78, 5) is 6.01. The quantitative estimate of drug-likeness (QED) is 0.447. The highest BCUT2D eigenvalue weighted by Gasteiger charge is 2.23. The maximum atomic E-state index is 9.38. The van der Waals surface area contributed by atoms with Crippen LogP contribution in [-0.2, 0) is 0 Å². The molecule has 1 fully saturated rings. The van der Waals surface area contributed by atoms with Crippen molar-refractivity contribution < 1.29 is 5.11 Å². The van der Waals surface area contributed by atoms with Gasteiger partial charge in [0.1, 0.15) is 0 Å². The summed E-state index contributed by atoms with van der Waals surface area (Å²) < 4.78 is 0. The van der Waals surface area contributed by atoms with Crippen molar-refractivity contribution in [2.75, 3.05) is 20.1 Å². The SMILES string of the molecule is CN=C(N)N1CCC(C(C)O)CC1. The maximum absolute atomic E-state index is 9.38. The minimum Gasteiger partial charge on any atom is -0.393 e. The zero-order chi connectivity index (χ0) is 9.84. The second-order valence-corrected chi connectivity index (χ2v) is 3.65. The first-order valence-electron chi connectivity index (χ1n) is 4.80. The third-order valence-corrected chi connectivity index (χ3v) is 2.77. The van der Waals surface area contributed by atoms with Crippen molar-refractivity contribution in [1.29, 1.82) is 0 Å². The van der Waals surface area contributed by atoms with Gasteiger partial charge in [0.15, 0.2) is 5.96 Å². The van der Waals surface area contributed by atoms with Crippen LogP contribution >= 0.6 is 0 Å². The fourth-order valence-electron chi connectivity index (χ4n) is 1.75. The van der Waals surface area contributed by atoms with Gasteiger partial charge in [-0.3, -0.25) is 4.99 Å². The molecular formula is C9H19N3O. The molecule has 0 amide bonds.